The lowest BCUT2D eigenvalue weighted by Crippen LogP contribution is -2.45. The zero-order valence-corrected chi connectivity index (χ0v) is 11.7. The number of rotatable bonds is 6. The standard InChI is InChI=1S/C12H25NO3S/c1-3-11(2)9-17(15,16)13-10-12(14)7-5-4-6-8-12/h11,13-14H,3-10H2,1-2H3. The number of nitrogens with one attached hydrogen (secondary N) is 1. The van der Waals surface area contributed by atoms with E-state index in [0.29, 0.717) is 12.8 Å². The summed E-state index contributed by atoms with van der Waals surface area (Å²) in [5.41, 5.74) is -0.819. The topological polar surface area (TPSA) is 66.4 Å². The van der Waals surface area contributed by atoms with E-state index in [4.69, 9.17) is 0 Å². The van der Waals surface area contributed by atoms with E-state index < -0.39 is 15.6 Å². The van der Waals surface area contributed by atoms with Crippen molar-refractivity contribution in [1.29, 1.82) is 0 Å². The maximum atomic E-state index is 11.8. The molecule has 1 atom stereocenters. The Labute approximate surface area is 105 Å². The van der Waals surface area contributed by atoms with Crippen LogP contribution in [0.3, 0.4) is 0 Å². The molecule has 0 heterocycles. The van der Waals surface area contributed by atoms with Crippen LogP contribution in [0.2, 0.25) is 0 Å². The highest BCUT2D eigenvalue weighted by molar-refractivity contribution is 7.89. The molecule has 0 amide bonds. The minimum atomic E-state index is -3.24. The number of hydrogen-bond donors (Lipinski definition) is 2. The first-order valence-electron chi connectivity index (χ1n) is 6.56. The summed E-state index contributed by atoms with van der Waals surface area (Å²) in [5, 5.41) is 10.2. The number of hydrogen-bond acceptors (Lipinski definition) is 3. The van der Waals surface area contributed by atoms with E-state index in [2.05, 4.69) is 4.72 Å². The van der Waals surface area contributed by atoms with Crippen LogP contribution in [0, 0.1) is 5.92 Å². The van der Waals surface area contributed by atoms with Crippen molar-refractivity contribution >= 4 is 10.0 Å². The molecule has 2 N–H and O–H groups in total. The molecule has 1 fully saturated rings. The van der Waals surface area contributed by atoms with E-state index in [1.165, 1.54) is 0 Å². The fraction of sp³-hybridized carbons (Fsp3) is 1.00. The van der Waals surface area contributed by atoms with Gasteiger partial charge < -0.3 is 5.11 Å². The van der Waals surface area contributed by atoms with Crippen molar-refractivity contribution < 1.29 is 13.5 Å². The summed E-state index contributed by atoms with van der Waals surface area (Å²) < 4.78 is 26.1. The van der Waals surface area contributed by atoms with Crippen molar-refractivity contribution in [2.45, 2.75) is 58.0 Å². The molecule has 5 heteroatoms. The van der Waals surface area contributed by atoms with Gasteiger partial charge in [0.2, 0.25) is 10.0 Å². The first-order chi connectivity index (χ1) is 7.87. The van der Waals surface area contributed by atoms with Crippen molar-refractivity contribution in [3.8, 4) is 0 Å². The summed E-state index contributed by atoms with van der Waals surface area (Å²) in [7, 11) is -3.24. The zero-order valence-electron chi connectivity index (χ0n) is 10.9. The molecule has 0 aromatic carbocycles. The maximum Gasteiger partial charge on any atom is 0.211 e. The molecule has 0 aromatic heterocycles. The average molecular weight is 263 g/mol. The molecular formula is C12H25NO3S. The molecule has 17 heavy (non-hydrogen) atoms. The normalized spacial score (nSPS) is 22.3. The van der Waals surface area contributed by atoms with E-state index in [1.54, 1.807) is 0 Å². The van der Waals surface area contributed by atoms with Crippen LogP contribution >= 0.6 is 0 Å². The van der Waals surface area contributed by atoms with Crippen LogP contribution < -0.4 is 4.72 Å². The van der Waals surface area contributed by atoms with Crippen molar-refractivity contribution in [2.24, 2.45) is 5.92 Å². The third-order valence-electron chi connectivity index (χ3n) is 3.61. The molecule has 0 aliphatic heterocycles. The van der Waals surface area contributed by atoms with Gasteiger partial charge in [-0.05, 0) is 18.8 Å². The van der Waals surface area contributed by atoms with Crippen LogP contribution in [-0.2, 0) is 10.0 Å². The molecule has 0 saturated heterocycles. The number of aliphatic hydroxyl groups is 1. The minimum absolute atomic E-state index is 0.152. The van der Waals surface area contributed by atoms with Gasteiger partial charge in [0.05, 0.1) is 11.4 Å². The van der Waals surface area contributed by atoms with E-state index in [9.17, 15) is 13.5 Å². The van der Waals surface area contributed by atoms with Gasteiger partial charge in [-0.3, -0.25) is 0 Å². The summed E-state index contributed by atoms with van der Waals surface area (Å²) in [6.07, 6.45) is 5.39. The van der Waals surface area contributed by atoms with E-state index in [1.807, 2.05) is 13.8 Å². The number of sulfonamides is 1. The molecule has 1 aliphatic rings. The first kappa shape index (κ1) is 14.9. The van der Waals surface area contributed by atoms with Crippen LogP contribution in [0.15, 0.2) is 0 Å². The molecule has 1 saturated carbocycles. The van der Waals surface area contributed by atoms with Crippen LogP contribution in [0.25, 0.3) is 0 Å². The smallest absolute Gasteiger partial charge is 0.211 e. The average Bonchev–Trinajstić information content (AvgIpc) is 2.27. The van der Waals surface area contributed by atoms with Gasteiger partial charge in [-0.15, -0.1) is 0 Å². The van der Waals surface area contributed by atoms with Gasteiger partial charge >= 0.3 is 0 Å². The van der Waals surface area contributed by atoms with Crippen LogP contribution in [0.4, 0.5) is 0 Å². The highest BCUT2D eigenvalue weighted by Gasteiger charge is 2.30. The summed E-state index contributed by atoms with van der Waals surface area (Å²) in [6.45, 7) is 4.08. The van der Waals surface area contributed by atoms with E-state index in [0.717, 1.165) is 25.7 Å². The molecule has 0 bridgehead atoms. The van der Waals surface area contributed by atoms with Gasteiger partial charge in [0.1, 0.15) is 0 Å². The zero-order chi connectivity index (χ0) is 12.9. The molecule has 0 aromatic rings. The summed E-state index contributed by atoms with van der Waals surface area (Å²) in [6, 6.07) is 0. The third kappa shape index (κ3) is 5.36. The largest absolute Gasteiger partial charge is 0.389 e. The molecule has 0 spiro atoms. The lowest BCUT2D eigenvalue weighted by molar-refractivity contribution is 0.00944. The van der Waals surface area contributed by atoms with Crippen molar-refractivity contribution in [3.63, 3.8) is 0 Å². The van der Waals surface area contributed by atoms with Gasteiger partial charge in [-0.25, -0.2) is 13.1 Å². The molecule has 0 radical (unpaired) electrons. The molecule has 102 valence electrons. The quantitative estimate of drug-likeness (QED) is 0.765. The maximum absolute atomic E-state index is 11.8. The minimum Gasteiger partial charge on any atom is -0.389 e. The molecule has 4 nitrogen and oxygen atoms in total. The Morgan fingerprint density at radius 2 is 1.88 bits per heavy atom. The van der Waals surface area contributed by atoms with E-state index in [-0.39, 0.29) is 18.2 Å². The Balaban J connectivity index is 2.43. The second kappa shape index (κ2) is 6.16. The highest BCUT2D eigenvalue weighted by Crippen LogP contribution is 2.27. The molecule has 1 rings (SSSR count). The Morgan fingerprint density at radius 1 is 1.29 bits per heavy atom. The highest BCUT2D eigenvalue weighted by atomic mass is 32.2. The first-order valence-corrected chi connectivity index (χ1v) is 8.22. The second-order valence-electron chi connectivity index (χ2n) is 5.40. The SMILES string of the molecule is CCC(C)CS(=O)(=O)NCC1(O)CCCCC1. The van der Waals surface area contributed by atoms with Gasteiger partial charge in [0.15, 0.2) is 0 Å². The summed E-state index contributed by atoms with van der Waals surface area (Å²) >= 11 is 0. The van der Waals surface area contributed by atoms with Crippen molar-refractivity contribution in [2.75, 3.05) is 12.3 Å². The lowest BCUT2D eigenvalue weighted by atomic mass is 9.85. The second-order valence-corrected chi connectivity index (χ2v) is 7.25. The molecular weight excluding hydrogens is 238 g/mol. The molecule has 1 unspecified atom stereocenters. The Hall–Kier alpha value is -0.130. The van der Waals surface area contributed by atoms with Crippen LogP contribution in [-0.4, -0.2) is 31.4 Å². The summed E-state index contributed by atoms with van der Waals surface area (Å²) in [5.74, 6) is 0.313. The Bertz CT molecular complexity index is 321. The van der Waals surface area contributed by atoms with Gasteiger partial charge in [0, 0.05) is 6.54 Å². The van der Waals surface area contributed by atoms with Crippen molar-refractivity contribution in [1.82, 2.24) is 4.72 Å². The van der Waals surface area contributed by atoms with Crippen molar-refractivity contribution in [3.05, 3.63) is 0 Å². The third-order valence-corrected chi connectivity index (χ3v) is 5.20. The van der Waals surface area contributed by atoms with E-state index >= 15 is 0 Å². The van der Waals surface area contributed by atoms with Gasteiger partial charge in [0.25, 0.3) is 0 Å². The molecule has 1 aliphatic carbocycles. The fourth-order valence-electron chi connectivity index (χ4n) is 2.18. The monoisotopic (exact) mass is 263 g/mol. The Kier molecular flexibility index (Phi) is 5.41. The lowest BCUT2D eigenvalue weighted by Gasteiger charge is -2.32. The van der Waals surface area contributed by atoms with Crippen LogP contribution in [0.1, 0.15) is 52.4 Å². The van der Waals surface area contributed by atoms with Gasteiger partial charge in [-0.1, -0.05) is 39.5 Å². The summed E-state index contributed by atoms with van der Waals surface area (Å²) in [4.78, 5) is 0. The fourth-order valence-corrected chi connectivity index (χ4v) is 3.77. The van der Waals surface area contributed by atoms with Crippen LogP contribution in [0.5, 0.6) is 0 Å². The predicted molar refractivity (Wildman–Crippen MR) is 69.3 cm³/mol. The predicted octanol–water partition coefficient (Wildman–Crippen LogP) is 1.65. The van der Waals surface area contributed by atoms with Gasteiger partial charge in [-0.2, -0.15) is 0 Å². The Morgan fingerprint density at radius 3 is 2.41 bits per heavy atom.